The normalized spacial score (nSPS) is 12.7. The minimum absolute atomic E-state index is 0.0959. The average molecular weight is 436 g/mol. The van der Waals surface area contributed by atoms with Crippen LogP contribution in [-0.4, -0.2) is 42.5 Å². The predicted octanol–water partition coefficient (Wildman–Crippen LogP) is 2.34. The second-order valence-electron chi connectivity index (χ2n) is 6.47. The molecule has 7 heteroatoms. The summed E-state index contributed by atoms with van der Waals surface area (Å²) in [5.41, 5.74) is 5.98. The van der Waals surface area contributed by atoms with Gasteiger partial charge in [0.25, 0.3) is 5.91 Å². The summed E-state index contributed by atoms with van der Waals surface area (Å²) in [6, 6.07) is 1.55. The molecule has 1 aromatic rings. The van der Waals surface area contributed by atoms with Crippen molar-refractivity contribution < 1.29 is 18.7 Å². The molecule has 0 aliphatic rings. The fourth-order valence-corrected chi connectivity index (χ4v) is 2.65. The van der Waals surface area contributed by atoms with Gasteiger partial charge >= 0.3 is 5.97 Å². The van der Waals surface area contributed by atoms with E-state index in [-0.39, 0.29) is 17.9 Å². The molecule has 2 N–H and O–H groups in total. The lowest BCUT2D eigenvalue weighted by molar-refractivity contribution is -0.156. The van der Waals surface area contributed by atoms with E-state index in [1.54, 1.807) is 34.9 Å². The van der Waals surface area contributed by atoms with E-state index in [9.17, 15) is 14.0 Å². The van der Waals surface area contributed by atoms with Gasteiger partial charge in [0.15, 0.2) is 0 Å². The van der Waals surface area contributed by atoms with Gasteiger partial charge in [-0.1, -0.05) is 0 Å². The smallest absolute Gasteiger partial charge is 0.323 e. The SMILES string of the molecule is CN(C)C(=O)c1cc(F)cc(CC(N)C(=O)OC(C)(C)C)c1I. The predicted molar refractivity (Wildman–Crippen MR) is 94.7 cm³/mol. The van der Waals surface area contributed by atoms with Gasteiger partial charge in [-0.15, -0.1) is 0 Å². The van der Waals surface area contributed by atoms with Gasteiger partial charge in [-0.05, 0) is 67.5 Å². The Morgan fingerprint density at radius 2 is 1.91 bits per heavy atom. The van der Waals surface area contributed by atoms with Crippen LogP contribution in [0.4, 0.5) is 4.39 Å². The van der Waals surface area contributed by atoms with Gasteiger partial charge in [0.2, 0.25) is 0 Å². The van der Waals surface area contributed by atoms with E-state index >= 15 is 0 Å². The van der Waals surface area contributed by atoms with Gasteiger partial charge in [0.1, 0.15) is 17.5 Å². The van der Waals surface area contributed by atoms with Gasteiger partial charge in [-0.25, -0.2) is 4.39 Å². The molecule has 0 aliphatic carbocycles. The summed E-state index contributed by atoms with van der Waals surface area (Å²) >= 11 is 1.97. The number of halogens is 2. The van der Waals surface area contributed by atoms with E-state index in [0.29, 0.717) is 9.13 Å². The molecule has 0 aliphatic heterocycles. The summed E-state index contributed by atoms with van der Waals surface area (Å²) in [6.45, 7) is 5.24. The summed E-state index contributed by atoms with van der Waals surface area (Å²) in [4.78, 5) is 25.4. The maximum absolute atomic E-state index is 13.8. The molecule has 1 rings (SSSR count). The van der Waals surface area contributed by atoms with Crippen molar-refractivity contribution in [1.29, 1.82) is 0 Å². The number of carbonyl (C=O) groups is 2. The standard InChI is InChI=1S/C16H22FIN2O3/c1-16(2,3)23-15(22)12(19)7-9-6-10(17)8-11(13(9)18)14(21)20(4)5/h6,8,12H,7,19H2,1-5H3. The minimum Gasteiger partial charge on any atom is -0.459 e. The fourth-order valence-electron chi connectivity index (χ4n) is 1.89. The quantitative estimate of drug-likeness (QED) is 0.581. The number of nitrogens with two attached hydrogens (primary N) is 1. The molecule has 0 aromatic heterocycles. The third kappa shape index (κ3) is 5.72. The molecule has 0 fully saturated rings. The molecule has 0 radical (unpaired) electrons. The maximum atomic E-state index is 13.8. The molecule has 128 valence electrons. The van der Waals surface area contributed by atoms with Crippen LogP contribution in [0.5, 0.6) is 0 Å². The Morgan fingerprint density at radius 1 is 1.35 bits per heavy atom. The molecule has 0 saturated heterocycles. The Kier molecular flexibility index (Phi) is 6.52. The van der Waals surface area contributed by atoms with Crippen LogP contribution in [0.1, 0.15) is 36.7 Å². The van der Waals surface area contributed by atoms with E-state index in [2.05, 4.69) is 0 Å². The Morgan fingerprint density at radius 3 is 2.39 bits per heavy atom. The van der Waals surface area contributed by atoms with Crippen LogP contribution in [-0.2, 0) is 16.0 Å². The highest BCUT2D eigenvalue weighted by molar-refractivity contribution is 14.1. The minimum atomic E-state index is -0.924. The lowest BCUT2D eigenvalue weighted by Gasteiger charge is -2.22. The molecule has 1 aromatic carbocycles. The summed E-state index contributed by atoms with van der Waals surface area (Å²) in [7, 11) is 3.19. The zero-order valence-corrected chi connectivity index (χ0v) is 16.1. The summed E-state index contributed by atoms with van der Waals surface area (Å²) in [6.07, 6.45) is 0.0959. The largest absolute Gasteiger partial charge is 0.459 e. The van der Waals surface area contributed by atoms with Crippen molar-refractivity contribution in [1.82, 2.24) is 4.90 Å². The van der Waals surface area contributed by atoms with Gasteiger partial charge in [0.05, 0.1) is 5.56 Å². The number of rotatable bonds is 4. The van der Waals surface area contributed by atoms with E-state index in [1.165, 1.54) is 17.0 Å². The van der Waals surface area contributed by atoms with Crippen molar-refractivity contribution in [2.45, 2.75) is 38.8 Å². The summed E-state index contributed by atoms with van der Waals surface area (Å²) < 4.78 is 19.6. The van der Waals surface area contributed by atoms with Gasteiger partial charge in [-0.3, -0.25) is 9.59 Å². The molecule has 0 bridgehead atoms. The number of esters is 1. The summed E-state index contributed by atoms with van der Waals surface area (Å²) in [5.74, 6) is -1.40. The second kappa shape index (κ2) is 7.57. The van der Waals surface area contributed by atoms with Crippen molar-refractivity contribution in [2.24, 2.45) is 5.73 Å². The monoisotopic (exact) mass is 436 g/mol. The highest BCUT2D eigenvalue weighted by Gasteiger charge is 2.24. The lowest BCUT2D eigenvalue weighted by atomic mass is 10.0. The molecule has 1 amide bonds. The van der Waals surface area contributed by atoms with Crippen LogP contribution in [0, 0.1) is 9.39 Å². The van der Waals surface area contributed by atoms with Gasteiger partial charge in [0, 0.05) is 17.7 Å². The number of nitrogens with zero attached hydrogens (tertiary/aromatic N) is 1. The van der Waals surface area contributed by atoms with E-state index in [0.717, 1.165) is 0 Å². The van der Waals surface area contributed by atoms with Gasteiger partial charge in [-0.2, -0.15) is 0 Å². The fraction of sp³-hybridized carbons (Fsp3) is 0.500. The first-order valence-corrected chi connectivity index (χ1v) is 8.18. The number of hydrogen-bond acceptors (Lipinski definition) is 4. The molecule has 0 saturated carbocycles. The van der Waals surface area contributed by atoms with Gasteiger partial charge < -0.3 is 15.4 Å². The third-order valence-corrected chi connectivity index (χ3v) is 4.17. The maximum Gasteiger partial charge on any atom is 0.323 e. The zero-order valence-electron chi connectivity index (χ0n) is 13.9. The van der Waals surface area contributed by atoms with Crippen LogP contribution in [0.2, 0.25) is 0 Å². The van der Waals surface area contributed by atoms with Crippen LogP contribution < -0.4 is 5.73 Å². The highest BCUT2D eigenvalue weighted by Crippen LogP contribution is 2.22. The highest BCUT2D eigenvalue weighted by atomic mass is 127. The lowest BCUT2D eigenvalue weighted by Crippen LogP contribution is -2.39. The molecule has 23 heavy (non-hydrogen) atoms. The van der Waals surface area contributed by atoms with Crippen molar-refractivity contribution in [2.75, 3.05) is 14.1 Å². The number of amides is 1. The van der Waals surface area contributed by atoms with Crippen LogP contribution in [0.3, 0.4) is 0 Å². The van der Waals surface area contributed by atoms with E-state index in [1.807, 2.05) is 22.6 Å². The number of carbonyl (C=O) groups excluding carboxylic acids is 2. The first kappa shape index (κ1) is 19.8. The van der Waals surface area contributed by atoms with E-state index in [4.69, 9.17) is 10.5 Å². The molecule has 0 spiro atoms. The molecular weight excluding hydrogens is 414 g/mol. The number of hydrogen-bond donors (Lipinski definition) is 1. The molecule has 5 nitrogen and oxygen atoms in total. The second-order valence-corrected chi connectivity index (χ2v) is 7.55. The Hall–Kier alpha value is -1.22. The topological polar surface area (TPSA) is 72.6 Å². The Labute approximate surface area is 149 Å². The molecule has 1 unspecified atom stereocenters. The van der Waals surface area contributed by atoms with Crippen LogP contribution in [0.25, 0.3) is 0 Å². The van der Waals surface area contributed by atoms with Crippen LogP contribution in [0.15, 0.2) is 12.1 Å². The van der Waals surface area contributed by atoms with Crippen LogP contribution >= 0.6 is 22.6 Å². The van der Waals surface area contributed by atoms with Crippen molar-refractivity contribution in [3.63, 3.8) is 0 Å². The summed E-state index contributed by atoms with van der Waals surface area (Å²) in [5, 5.41) is 0. The first-order valence-electron chi connectivity index (χ1n) is 7.10. The zero-order chi connectivity index (χ0) is 17.9. The van der Waals surface area contributed by atoms with E-state index < -0.39 is 23.4 Å². The number of benzene rings is 1. The molecular formula is C16H22FIN2O3. The Balaban J connectivity index is 3.05. The third-order valence-electron chi connectivity index (χ3n) is 2.90. The van der Waals surface area contributed by atoms with Crippen molar-refractivity contribution >= 4 is 34.5 Å². The van der Waals surface area contributed by atoms with Crippen molar-refractivity contribution in [3.8, 4) is 0 Å². The molecule has 0 heterocycles. The van der Waals surface area contributed by atoms with Crippen molar-refractivity contribution in [3.05, 3.63) is 32.6 Å². The average Bonchev–Trinajstić information content (AvgIpc) is 2.39. The first-order chi connectivity index (χ1) is 10.4. The number of ether oxygens (including phenoxy) is 1. The molecule has 1 atom stereocenters. The Bertz CT molecular complexity index is 612.